The largest absolute Gasteiger partial charge is 0.307 e. The topological polar surface area (TPSA) is 29.1 Å². The first-order chi connectivity index (χ1) is 7.31. The van der Waals surface area contributed by atoms with Gasteiger partial charge < -0.3 is 5.32 Å². The Kier molecular flexibility index (Phi) is 3.39. The number of carbonyl (C=O) groups excluding carboxylic acids is 1. The van der Waals surface area contributed by atoms with Crippen molar-refractivity contribution in [2.45, 2.75) is 24.8 Å². The molecular formula is C12H14ClNO. The predicted molar refractivity (Wildman–Crippen MR) is 61.4 cm³/mol. The zero-order valence-electron chi connectivity index (χ0n) is 8.50. The van der Waals surface area contributed by atoms with E-state index in [0.29, 0.717) is 5.88 Å². The van der Waals surface area contributed by atoms with E-state index < -0.39 is 0 Å². The van der Waals surface area contributed by atoms with E-state index in [4.69, 9.17) is 11.6 Å². The smallest absolute Gasteiger partial charge is 0.179 e. The third-order valence-corrected chi connectivity index (χ3v) is 3.05. The maximum absolute atomic E-state index is 12.0. The molecule has 2 rings (SSSR count). The molecule has 0 aromatic heterocycles. The van der Waals surface area contributed by atoms with Crippen LogP contribution in [0.5, 0.6) is 0 Å². The van der Waals surface area contributed by atoms with Crippen molar-refractivity contribution in [3.05, 3.63) is 35.4 Å². The standard InChI is InChI=1S/C12H14ClNO/c13-8-9-3-1-4-10(7-9)12(15)11-5-2-6-14-11/h1,3-4,7,11,14H,2,5-6,8H2. The molecule has 80 valence electrons. The summed E-state index contributed by atoms with van der Waals surface area (Å²) in [5, 5.41) is 3.21. The quantitative estimate of drug-likeness (QED) is 0.630. The van der Waals surface area contributed by atoms with E-state index in [-0.39, 0.29) is 11.8 Å². The van der Waals surface area contributed by atoms with Gasteiger partial charge in [0.1, 0.15) is 0 Å². The van der Waals surface area contributed by atoms with Gasteiger partial charge in [0, 0.05) is 11.4 Å². The number of hydrogen-bond donors (Lipinski definition) is 1. The highest BCUT2D eigenvalue weighted by Crippen LogP contribution is 2.14. The van der Waals surface area contributed by atoms with Crippen molar-refractivity contribution >= 4 is 17.4 Å². The van der Waals surface area contributed by atoms with Gasteiger partial charge in [0.2, 0.25) is 0 Å². The molecule has 0 radical (unpaired) electrons. The van der Waals surface area contributed by atoms with Gasteiger partial charge in [-0.25, -0.2) is 0 Å². The fourth-order valence-corrected chi connectivity index (χ4v) is 2.08. The number of ketones is 1. The number of Topliss-reactive ketones (excluding diaryl/α,β-unsaturated/α-hetero) is 1. The lowest BCUT2D eigenvalue weighted by molar-refractivity contribution is 0.0952. The molecule has 0 spiro atoms. The van der Waals surface area contributed by atoms with Crippen LogP contribution in [0.1, 0.15) is 28.8 Å². The molecule has 1 N–H and O–H groups in total. The molecule has 1 aromatic rings. The third-order valence-electron chi connectivity index (χ3n) is 2.74. The molecule has 15 heavy (non-hydrogen) atoms. The lowest BCUT2D eigenvalue weighted by atomic mass is 10.0. The summed E-state index contributed by atoms with van der Waals surface area (Å²) >= 11 is 5.74. The number of halogens is 1. The van der Waals surface area contributed by atoms with E-state index in [2.05, 4.69) is 5.32 Å². The molecule has 1 aliphatic heterocycles. The molecule has 1 saturated heterocycles. The van der Waals surface area contributed by atoms with Crippen molar-refractivity contribution in [1.82, 2.24) is 5.32 Å². The van der Waals surface area contributed by atoms with Gasteiger partial charge in [0.15, 0.2) is 5.78 Å². The molecule has 0 amide bonds. The summed E-state index contributed by atoms with van der Waals surface area (Å²) in [7, 11) is 0. The molecular weight excluding hydrogens is 210 g/mol. The SMILES string of the molecule is O=C(c1cccc(CCl)c1)C1CCCN1. The van der Waals surface area contributed by atoms with E-state index in [0.717, 1.165) is 30.5 Å². The minimum Gasteiger partial charge on any atom is -0.307 e. The number of rotatable bonds is 3. The van der Waals surface area contributed by atoms with E-state index in [9.17, 15) is 4.79 Å². The Bertz CT molecular complexity index is 358. The maximum atomic E-state index is 12.0. The fourth-order valence-electron chi connectivity index (χ4n) is 1.92. The molecule has 3 heteroatoms. The van der Waals surface area contributed by atoms with Crippen molar-refractivity contribution < 1.29 is 4.79 Å². The zero-order chi connectivity index (χ0) is 10.7. The van der Waals surface area contributed by atoms with Gasteiger partial charge in [-0.05, 0) is 31.0 Å². The summed E-state index contributed by atoms with van der Waals surface area (Å²) in [6.45, 7) is 0.950. The first-order valence-electron chi connectivity index (χ1n) is 5.24. The Balaban J connectivity index is 2.17. The summed E-state index contributed by atoms with van der Waals surface area (Å²) in [5.74, 6) is 0.652. The second-order valence-electron chi connectivity index (χ2n) is 3.85. The first-order valence-corrected chi connectivity index (χ1v) is 5.77. The molecule has 1 heterocycles. The highest BCUT2D eigenvalue weighted by Gasteiger charge is 2.22. The Morgan fingerprint density at radius 1 is 1.53 bits per heavy atom. The van der Waals surface area contributed by atoms with Gasteiger partial charge in [0.25, 0.3) is 0 Å². The molecule has 1 aromatic carbocycles. The number of carbonyl (C=O) groups is 1. The number of alkyl halides is 1. The molecule has 0 bridgehead atoms. The number of benzene rings is 1. The van der Waals surface area contributed by atoms with E-state index >= 15 is 0 Å². The van der Waals surface area contributed by atoms with Gasteiger partial charge in [-0.1, -0.05) is 18.2 Å². The molecule has 1 fully saturated rings. The van der Waals surface area contributed by atoms with Gasteiger partial charge in [-0.2, -0.15) is 0 Å². The Labute approximate surface area is 94.6 Å². The van der Waals surface area contributed by atoms with Crippen molar-refractivity contribution in [2.75, 3.05) is 6.54 Å². The van der Waals surface area contributed by atoms with Crippen LogP contribution in [0.4, 0.5) is 0 Å². The lowest BCUT2D eigenvalue weighted by Gasteiger charge is -2.09. The van der Waals surface area contributed by atoms with Crippen LogP contribution in [-0.2, 0) is 5.88 Å². The minimum absolute atomic E-state index is 0.00979. The molecule has 1 unspecified atom stereocenters. The van der Waals surface area contributed by atoms with E-state index in [1.54, 1.807) is 0 Å². The van der Waals surface area contributed by atoms with E-state index in [1.807, 2.05) is 24.3 Å². The maximum Gasteiger partial charge on any atom is 0.179 e. The van der Waals surface area contributed by atoms with E-state index in [1.165, 1.54) is 0 Å². The van der Waals surface area contributed by atoms with Gasteiger partial charge in [0.05, 0.1) is 6.04 Å². The van der Waals surface area contributed by atoms with Crippen LogP contribution in [0, 0.1) is 0 Å². The fraction of sp³-hybridized carbons (Fsp3) is 0.417. The van der Waals surface area contributed by atoms with Crippen LogP contribution in [0.15, 0.2) is 24.3 Å². The monoisotopic (exact) mass is 223 g/mol. The van der Waals surface area contributed by atoms with Crippen LogP contribution in [0.3, 0.4) is 0 Å². The highest BCUT2D eigenvalue weighted by molar-refractivity contribution is 6.17. The summed E-state index contributed by atoms with van der Waals surface area (Å²) in [6.07, 6.45) is 2.04. The minimum atomic E-state index is 0.00979. The van der Waals surface area contributed by atoms with Gasteiger partial charge >= 0.3 is 0 Å². The van der Waals surface area contributed by atoms with Crippen molar-refractivity contribution in [2.24, 2.45) is 0 Å². The molecule has 2 nitrogen and oxygen atoms in total. The van der Waals surface area contributed by atoms with Crippen molar-refractivity contribution in [1.29, 1.82) is 0 Å². The Morgan fingerprint density at radius 2 is 2.40 bits per heavy atom. The summed E-state index contributed by atoms with van der Waals surface area (Å²) in [6, 6.07) is 7.58. The van der Waals surface area contributed by atoms with Gasteiger partial charge in [-0.15, -0.1) is 11.6 Å². The molecule has 1 aliphatic rings. The summed E-state index contributed by atoms with van der Waals surface area (Å²) < 4.78 is 0. The molecule has 0 saturated carbocycles. The second kappa shape index (κ2) is 4.77. The second-order valence-corrected chi connectivity index (χ2v) is 4.11. The third kappa shape index (κ3) is 2.39. The normalized spacial score (nSPS) is 20.5. The Hall–Kier alpha value is -0.860. The number of nitrogens with one attached hydrogen (secondary N) is 1. The number of hydrogen-bond acceptors (Lipinski definition) is 2. The molecule has 1 atom stereocenters. The molecule has 0 aliphatic carbocycles. The summed E-state index contributed by atoms with van der Waals surface area (Å²) in [4.78, 5) is 12.0. The average molecular weight is 224 g/mol. The van der Waals surface area contributed by atoms with Crippen LogP contribution in [0.2, 0.25) is 0 Å². The summed E-state index contributed by atoms with van der Waals surface area (Å²) in [5.41, 5.74) is 1.77. The zero-order valence-corrected chi connectivity index (χ0v) is 9.26. The van der Waals surface area contributed by atoms with Crippen molar-refractivity contribution in [3.63, 3.8) is 0 Å². The highest BCUT2D eigenvalue weighted by atomic mass is 35.5. The lowest BCUT2D eigenvalue weighted by Crippen LogP contribution is -2.30. The first kappa shape index (κ1) is 10.7. The predicted octanol–water partition coefficient (Wildman–Crippen LogP) is 2.36. The van der Waals surface area contributed by atoms with Gasteiger partial charge in [-0.3, -0.25) is 4.79 Å². The van der Waals surface area contributed by atoms with Crippen molar-refractivity contribution in [3.8, 4) is 0 Å². The van der Waals surface area contributed by atoms with Crippen LogP contribution < -0.4 is 5.32 Å². The van der Waals surface area contributed by atoms with Crippen LogP contribution >= 0.6 is 11.6 Å². The Morgan fingerprint density at radius 3 is 3.07 bits per heavy atom. The van der Waals surface area contributed by atoms with Crippen LogP contribution in [0.25, 0.3) is 0 Å². The average Bonchev–Trinajstić information content (AvgIpc) is 2.81. The van der Waals surface area contributed by atoms with Crippen LogP contribution in [-0.4, -0.2) is 18.4 Å².